The van der Waals surface area contributed by atoms with Gasteiger partial charge in [-0.05, 0) is 30.5 Å². The molecule has 2 heterocycles. The molecule has 1 atom stereocenters. The van der Waals surface area contributed by atoms with Crippen molar-refractivity contribution in [3.8, 4) is 0 Å². The third-order valence-electron chi connectivity index (χ3n) is 5.69. The number of para-hydroxylation sites is 1. The fraction of sp³-hybridized carbons (Fsp3) is 0.280. The molecule has 0 N–H and O–H groups in total. The minimum atomic E-state index is -0.661. The molecule has 0 amide bonds. The number of hydrogen-bond donors (Lipinski definition) is 0. The van der Waals surface area contributed by atoms with Crippen molar-refractivity contribution in [3.63, 3.8) is 0 Å². The molecule has 0 bridgehead atoms. The zero-order valence-corrected chi connectivity index (χ0v) is 17.8. The van der Waals surface area contributed by atoms with Gasteiger partial charge in [0.05, 0.1) is 18.0 Å². The van der Waals surface area contributed by atoms with Gasteiger partial charge in [-0.2, -0.15) is 0 Å². The van der Waals surface area contributed by atoms with E-state index in [-0.39, 0.29) is 11.5 Å². The molecule has 5 nitrogen and oxygen atoms in total. The first-order chi connectivity index (χ1) is 14.4. The van der Waals surface area contributed by atoms with Gasteiger partial charge in [0, 0.05) is 23.6 Å². The number of rotatable bonds is 5. The largest absolute Gasteiger partial charge is 0.467 e. The van der Waals surface area contributed by atoms with Gasteiger partial charge in [-0.3, -0.25) is 4.79 Å². The van der Waals surface area contributed by atoms with Crippen LogP contribution in [0.4, 0.5) is 0 Å². The number of aromatic nitrogens is 2. The highest BCUT2D eigenvalue weighted by molar-refractivity contribution is 6.07. The SMILES string of the molecule is COC(=O)C(C(C)C)n1ccc2c(c1=O)c1ccccc1n2Cc1ccc(C)cc1. The summed E-state index contributed by atoms with van der Waals surface area (Å²) >= 11 is 0. The van der Waals surface area contributed by atoms with Crippen molar-refractivity contribution in [2.45, 2.75) is 33.4 Å². The van der Waals surface area contributed by atoms with Gasteiger partial charge in [0.1, 0.15) is 6.04 Å². The number of nitrogens with zero attached hydrogens (tertiary/aromatic N) is 2. The maximum Gasteiger partial charge on any atom is 0.329 e. The monoisotopic (exact) mass is 402 g/mol. The normalized spacial score (nSPS) is 12.6. The summed E-state index contributed by atoms with van der Waals surface area (Å²) in [4.78, 5) is 26.0. The summed E-state index contributed by atoms with van der Waals surface area (Å²) in [6, 6.07) is 17.6. The van der Waals surface area contributed by atoms with E-state index in [9.17, 15) is 9.59 Å². The van der Waals surface area contributed by atoms with Crippen LogP contribution in [0.15, 0.2) is 65.6 Å². The second-order valence-electron chi connectivity index (χ2n) is 8.09. The molecule has 30 heavy (non-hydrogen) atoms. The molecule has 0 aliphatic rings. The van der Waals surface area contributed by atoms with Crippen LogP contribution >= 0.6 is 0 Å². The Labute approximate surface area is 175 Å². The first kappa shape index (κ1) is 20.0. The molecule has 0 fully saturated rings. The van der Waals surface area contributed by atoms with Gasteiger partial charge in [0.2, 0.25) is 0 Å². The maximum absolute atomic E-state index is 13.6. The third kappa shape index (κ3) is 3.30. The lowest BCUT2D eigenvalue weighted by molar-refractivity contribution is -0.146. The third-order valence-corrected chi connectivity index (χ3v) is 5.69. The first-order valence-corrected chi connectivity index (χ1v) is 10.2. The molecule has 0 aliphatic heterocycles. The summed E-state index contributed by atoms with van der Waals surface area (Å²) in [5, 5.41) is 1.53. The van der Waals surface area contributed by atoms with Gasteiger partial charge in [-0.15, -0.1) is 0 Å². The molecule has 2 aromatic carbocycles. The zero-order chi connectivity index (χ0) is 21.4. The highest BCUT2D eigenvalue weighted by Gasteiger charge is 2.27. The number of carbonyl (C=O) groups excluding carboxylic acids is 1. The number of esters is 1. The Balaban J connectivity index is 1.96. The van der Waals surface area contributed by atoms with Crippen LogP contribution in [-0.4, -0.2) is 22.2 Å². The minimum absolute atomic E-state index is 0.0755. The second kappa shape index (κ2) is 7.82. The van der Waals surface area contributed by atoms with Gasteiger partial charge < -0.3 is 13.9 Å². The molecule has 0 spiro atoms. The van der Waals surface area contributed by atoms with E-state index in [1.807, 2.05) is 44.2 Å². The van der Waals surface area contributed by atoms with Gasteiger partial charge in [-0.25, -0.2) is 4.79 Å². The van der Waals surface area contributed by atoms with Crippen LogP contribution in [0.3, 0.4) is 0 Å². The van der Waals surface area contributed by atoms with Crippen LogP contribution in [0.1, 0.15) is 31.0 Å². The van der Waals surface area contributed by atoms with E-state index in [0.717, 1.165) is 16.4 Å². The number of hydrogen-bond acceptors (Lipinski definition) is 3. The molecule has 0 radical (unpaired) electrons. The van der Waals surface area contributed by atoms with Crippen LogP contribution < -0.4 is 5.56 Å². The average Bonchev–Trinajstić information content (AvgIpc) is 3.05. The Morgan fingerprint density at radius 3 is 2.37 bits per heavy atom. The highest BCUT2D eigenvalue weighted by atomic mass is 16.5. The van der Waals surface area contributed by atoms with Crippen molar-refractivity contribution >= 4 is 27.8 Å². The number of benzene rings is 2. The van der Waals surface area contributed by atoms with Crippen molar-refractivity contribution in [1.29, 1.82) is 0 Å². The minimum Gasteiger partial charge on any atom is -0.467 e. The first-order valence-electron chi connectivity index (χ1n) is 10.2. The highest BCUT2D eigenvalue weighted by Crippen LogP contribution is 2.29. The Morgan fingerprint density at radius 2 is 1.70 bits per heavy atom. The topological polar surface area (TPSA) is 53.2 Å². The smallest absolute Gasteiger partial charge is 0.329 e. The molecule has 4 rings (SSSR count). The summed E-state index contributed by atoms with van der Waals surface area (Å²) in [7, 11) is 1.36. The zero-order valence-electron chi connectivity index (χ0n) is 17.8. The molecule has 154 valence electrons. The van der Waals surface area contributed by atoms with Crippen LogP contribution in [0, 0.1) is 12.8 Å². The summed E-state index contributed by atoms with van der Waals surface area (Å²) in [6.45, 7) is 6.56. The molecule has 5 heteroatoms. The maximum atomic E-state index is 13.6. The Hall–Kier alpha value is -3.34. The Morgan fingerprint density at radius 1 is 1.00 bits per heavy atom. The molecule has 2 aromatic heterocycles. The fourth-order valence-electron chi connectivity index (χ4n) is 4.16. The number of fused-ring (bicyclic) bond motifs is 3. The molecular formula is C25H26N2O3. The second-order valence-corrected chi connectivity index (χ2v) is 8.09. The van der Waals surface area contributed by atoms with E-state index in [2.05, 4.69) is 35.8 Å². The lowest BCUT2D eigenvalue weighted by atomic mass is 10.0. The summed E-state index contributed by atoms with van der Waals surface area (Å²) in [5.41, 5.74) is 4.08. The molecule has 0 aliphatic carbocycles. The van der Waals surface area contributed by atoms with Crippen LogP contribution in [0.2, 0.25) is 0 Å². The molecule has 1 unspecified atom stereocenters. The van der Waals surface area contributed by atoms with E-state index in [0.29, 0.717) is 11.9 Å². The standard InChI is InChI=1S/C25H26N2O3/c1-16(2)23(25(29)30-4)26-14-13-21-22(24(26)28)19-7-5-6-8-20(19)27(21)15-18-11-9-17(3)10-12-18/h5-14,16,23H,15H2,1-4H3. The van der Waals surface area contributed by atoms with Crippen molar-refractivity contribution in [1.82, 2.24) is 9.13 Å². The predicted octanol–water partition coefficient (Wildman–Crippen LogP) is 4.68. The van der Waals surface area contributed by atoms with Gasteiger partial charge in [-0.1, -0.05) is 61.9 Å². The van der Waals surface area contributed by atoms with Gasteiger partial charge >= 0.3 is 5.97 Å². The molecular weight excluding hydrogens is 376 g/mol. The number of aryl methyl sites for hydroxylation is 1. The number of methoxy groups -OCH3 is 1. The van der Waals surface area contributed by atoms with E-state index in [1.54, 1.807) is 6.20 Å². The molecule has 0 saturated carbocycles. The van der Waals surface area contributed by atoms with Gasteiger partial charge in [0.25, 0.3) is 5.56 Å². The van der Waals surface area contributed by atoms with E-state index in [1.165, 1.54) is 22.8 Å². The number of carbonyl (C=O) groups is 1. The lowest BCUT2D eigenvalue weighted by Crippen LogP contribution is -2.33. The van der Waals surface area contributed by atoms with Gasteiger partial charge in [0.15, 0.2) is 0 Å². The van der Waals surface area contributed by atoms with Crippen molar-refractivity contribution in [3.05, 3.63) is 82.3 Å². The van der Waals surface area contributed by atoms with Crippen LogP contribution in [0.5, 0.6) is 0 Å². The summed E-state index contributed by atoms with van der Waals surface area (Å²) in [5.74, 6) is -0.483. The van der Waals surface area contributed by atoms with E-state index in [4.69, 9.17) is 4.74 Å². The quantitative estimate of drug-likeness (QED) is 0.455. The molecule has 4 aromatic rings. The average molecular weight is 402 g/mol. The predicted molar refractivity (Wildman–Crippen MR) is 120 cm³/mol. The van der Waals surface area contributed by atoms with Crippen LogP contribution in [0.25, 0.3) is 21.8 Å². The molecule has 0 saturated heterocycles. The van der Waals surface area contributed by atoms with Crippen LogP contribution in [-0.2, 0) is 16.1 Å². The summed E-state index contributed by atoms with van der Waals surface area (Å²) in [6.07, 6.45) is 1.72. The van der Waals surface area contributed by atoms with E-state index < -0.39 is 12.0 Å². The van der Waals surface area contributed by atoms with Crippen molar-refractivity contribution in [2.75, 3.05) is 7.11 Å². The van der Waals surface area contributed by atoms with E-state index >= 15 is 0 Å². The Bertz CT molecular complexity index is 1280. The summed E-state index contributed by atoms with van der Waals surface area (Å²) < 4.78 is 8.66. The number of pyridine rings is 1. The lowest BCUT2D eigenvalue weighted by Gasteiger charge is -2.21. The van der Waals surface area contributed by atoms with Crippen molar-refractivity contribution in [2.24, 2.45) is 5.92 Å². The van der Waals surface area contributed by atoms with Crippen molar-refractivity contribution < 1.29 is 9.53 Å². The number of ether oxygens (including phenoxy) is 1. The Kier molecular flexibility index (Phi) is 5.20. The fourth-order valence-corrected chi connectivity index (χ4v) is 4.16.